The van der Waals surface area contributed by atoms with Crippen LogP contribution in [0.1, 0.15) is 36.0 Å². The molecule has 1 aliphatic heterocycles. The van der Waals surface area contributed by atoms with E-state index in [0.29, 0.717) is 29.7 Å². The Morgan fingerprint density at radius 3 is 3.05 bits per heavy atom. The Labute approximate surface area is 119 Å². The van der Waals surface area contributed by atoms with Crippen LogP contribution in [0.25, 0.3) is 0 Å². The molecule has 1 atom stereocenters. The number of benzene rings is 1. The molecule has 1 heterocycles. The Morgan fingerprint density at radius 1 is 1.50 bits per heavy atom. The number of para-hydroxylation sites is 1. The standard InChI is InChI=1S/C15H21NO4/c1-18-13-8-2-7-12(14(13)16)15(17)20-10-4-6-11-5-3-9-19-11/h2,7-8,11H,3-6,9-10,16H2,1H3. The first kappa shape index (κ1) is 14.7. The van der Waals surface area contributed by atoms with E-state index in [1.54, 1.807) is 18.2 Å². The highest BCUT2D eigenvalue weighted by atomic mass is 16.5. The third-order valence-corrected chi connectivity index (χ3v) is 3.43. The molecule has 1 aliphatic rings. The Morgan fingerprint density at radius 2 is 2.35 bits per heavy atom. The summed E-state index contributed by atoms with van der Waals surface area (Å²) in [5.74, 6) is 0.0764. The minimum absolute atomic E-state index is 0.319. The van der Waals surface area contributed by atoms with Gasteiger partial charge in [0.15, 0.2) is 0 Å². The Kier molecular flexibility index (Phi) is 5.24. The van der Waals surface area contributed by atoms with Crippen molar-refractivity contribution in [3.63, 3.8) is 0 Å². The number of methoxy groups -OCH3 is 1. The van der Waals surface area contributed by atoms with Gasteiger partial charge in [-0.2, -0.15) is 0 Å². The van der Waals surface area contributed by atoms with Crippen LogP contribution in [0.2, 0.25) is 0 Å². The second kappa shape index (κ2) is 7.14. The zero-order chi connectivity index (χ0) is 14.4. The monoisotopic (exact) mass is 279 g/mol. The summed E-state index contributed by atoms with van der Waals surface area (Å²) in [6.07, 6.45) is 4.30. The first-order valence-corrected chi connectivity index (χ1v) is 6.93. The molecule has 0 aromatic heterocycles. The number of rotatable bonds is 6. The number of hydrogen-bond acceptors (Lipinski definition) is 5. The van der Waals surface area contributed by atoms with Gasteiger partial charge in [-0.15, -0.1) is 0 Å². The molecule has 2 N–H and O–H groups in total. The van der Waals surface area contributed by atoms with Crippen LogP contribution in [0.5, 0.6) is 5.75 Å². The number of nitrogen functional groups attached to an aromatic ring is 1. The lowest BCUT2D eigenvalue weighted by Gasteiger charge is -2.11. The summed E-state index contributed by atoms with van der Waals surface area (Å²) in [7, 11) is 1.52. The highest BCUT2D eigenvalue weighted by Crippen LogP contribution is 2.25. The molecule has 0 radical (unpaired) electrons. The summed E-state index contributed by atoms with van der Waals surface area (Å²) < 4.78 is 15.8. The molecule has 0 spiro atoms. The largest absolute Gasteiger partial charge is 0.495 e. The fraction of sp³-hybridized carbons (Fsp3) is 0.533. The number of hydrogen-bond donors (Lipinski definition) is 1. The first-order valence-electron chi connectivity index (χ1n) is 6.93. The lowest BCUT2D eigenvalue weighted by Crippen LogP contribution is -2.12. The fourth-order valence-corrected chi connectivity index (χ4v) is 2.33. The van der Waals surface area contributed by atoms with Crippen molar-refractivity contribution in [1.82, 2.24) is 0 Å². The predicted molar refractivity (Wildman–Crippen MR) is 75.9 cm³/mol. The topological polar surface area (TPSA) is 70.8 Å². The van der Waals surface area contributed by atoms with Crippen molar-refractivity contribution in [2.75, 3.05) is 26.1 Å². The number of ether oxygens (including phenoxy) is 3. The molecule has 20 heavy (non-hydrogen) atoms. The number of esters is 1. The summed E-state index contributed by atoms with van der Waals surface area (Å²) in [4.78, 5) is 11.9. The van der Waals surface area contributed by atoms with Crippen LogP contribution >= 0.6 is 0 Å². The third kappa shape index (κ3) is 3.63. The molecule has 1 fully saturated rings. The molecule has 0 aliphatic carbocycles. The summed E-state index contributed by atoms with van der Waals surface area (Å²) in [5, 5.41) is 0. The van der Waals surface area contributed by atoms with E-state index in [2.05, 4.69) is 0 Å². The van der Waals surface area contributed by atoms with Crippen LogP contribution in [-0.2, 0) is 9.47 Å². The lowest BCUT2D eigenvalue weighted by molar-refractivity contribution is 0.0462. The van der Waals surface area contributed by atoms with E-state index in [-0.39, 0.29) is 0 Å². The van der Waals surface area contributed by atoms with Gasteiger partial charge in [0, 0.05) is 6.61 Å². The average Bonchev–Trinajstić information content (AvgIpc) is 2.97. The molecule has 110 valence electrons. The van der Waals surface area contributed by atoms with Gasteiger partial charge in [0.1, 0.15) is 5.75 Å². The highest BCUT2D eigenvalue weighted by molar-refractivity contribution is 5.96. The maximum atomic E-state index is 11.9. The smallest absolute Gasteiger partial charge is 0.340 e. The van der Waals surface area contributed by atoms with E-state index in [4.69, 9.17) is 19.9 Å². The zero-order valence-electron chi connectivity index (χ0n) is 11.8. The van der Waals surface area contributed by atoms with Crippen LogP contribution in [0, 0.1) is 0 Å². The van der Waals surface area contributed by atoms with E-state index in [9.17, 15) is 4.79 Å². The molecule has 0 saturated carbocycles. The number of nitrogens with two attached hydrogens (primary N) is 1. The highest BCUT2D eigenvalue weighted by Gasteiger charge is 2.16. The minimum atomic E-state index is -0.409. The molecule has 5 nitrogen and oxygen atoms in total. The van der Waals surface area contributed by atoms with Gasteiger partial charge in [0.05, 0.1) is 31.1 Å². The molecule has 1 saturated heterocycles. The quantitative estimate of drug-likeness (QED) is 0.492. The maximum Gasteiger partial charge on any atom is 0.340 e. The number of carbonyl (C=O) groups is 1. The molecular weight excluding hydrogens is 258 g/mol. The van der Waals surface area contributed by atoms with Gasteiger partial charge < -0.3 is 19.9 Å². The Balaban J connectivity index is 1.79. The van der Waals surface area contributed by atoms with Gasteiger partial charge in [0.25, 0.3) is 0 Å². The zero-order valence-corrected chi connectivity index (χ0v) is 11.8. The van der Waals surface area contributed by atoms with Gasteiger partial charge in [0.2, 0.25) is 0 Å². The maximum absolute atomic E-state index is 11.9. The van der Waals surface area contributed by atoms with Gasteiger partial charge in [-0.3, -0.25) is 0 Å². The Hall–Kier alpha value is -1.75. The van der Waals surface area contributed by atoms with Crippen molar-refractivity contribution < 1.29 is 19.0 Å². The van der Waals surface area contributed by atoms with E-state index < -0.39 is 5.97 Å². The van der Waals surface area contributed by atoms with Crippen molar-refractivity contribution in [3.05, 3.63) is 23.8 Å². The van der Waals surface area contributed by atoms with Gasteiger partial charge in [-0.05, 0) is 37.8 Å². The summed E-state index contributed by atoms with van der Waals surface area (Å²) in [5.41, 5.74) is 6.52. The average molecular weight is 279 g/mol. The molecule has 2 rings (SSSR count). The van der Waals surface area contributed by atoms with Crippen molar-refractivity contribution in [2.45, 2.75) is 31.8 Å². The van der Waals surface area contributed by atoms with Gasteiger partial charge in [-0.1, -0.05) is 6.07 Å². The van der Waals surface area contributed by atoms with Crippen LogP contribution in [0.4, 0.5) is 5.69 Å². The summed E-state index contributed by atoms with van der Waals surface area (Å²) >= 11 is 0. The number of carbonyl (C=O) groups excluding carboxylic acids is 1. The van der Waals surface area contributed by atoms with Crippen molar-refractivity contribution in [3.8, 4) is 5.75 Å². The second-order valence-corrected chi connectivity index (χ2v) is 4.83. The molecule has 5 heteroatoms. The van der Waals surface area contributed by atoms with Crippen molar-refractivity contribution in [2.24, 2.45) is 0 Å². The normalized spacial score (nSPS) is 17.9. The molecule has 0 bridgehead atoms. The molecule has 0 amide bonds. The third-order valence-electron chi connectivity index (χ3n) is 3.43. The van der Waals surface area contributed by atoms with Crippen molar-refractivity contribution in [1.29, 1.82) is 0 Å². The minimum Gasteiger partial charge on any atom is -0.495 e. The number of anilines is 1. The van der Waals surface area contributed by atoms with Gasteiger partial charge in [-0.25, -0.2) is 4.79 Å². The lowest BCUT2D eigenvalue weighted by atomic mass is 10.1. The summed E-state index contributed by atoms with van der Waals surface area (Å²) in [6, 6.07) is 5.07. The van der Waals surface area contributed by atoms with E-state index in [0.717, 1.165) is 32.3 Å². The molecule has 1 unspecified atom stereocenters. The van der Waals surface area contributed by atoms with Crippen LogP contribution in [-0.4, -0.2) is 32.4 Å². The molecular formula is C15H21NO4. The fourth-order valence-electron chi connectivity index (χ4n) is 2.33. The van der Waals surface area contributed by atoms with E-state index in [1.165, 1.54) is 7.11 Å². The summed E-state index contributed by atoms with van der Waals surface area (Å²) in [6.45, 7) is 1.24. The first-order chi connectivity index (χ1) is 9.72. The Bertz CT molecular complexity index is 455. The van der Waals surface area contributed by atoms with E-state index in [1.807, 2.05) is 0 Å². The van der Waals surface area contributed by atoms with Crippen LogP contribution < -0.4 is 10.5 Å². The SMILES string of the molecule is COc1cccc(C(=O)OCCCC2CCCO2)c1N. The van der Waals surface area contributed by atoms with Crippen LogP contribution in [0.15, 0.2) is 18.2 Å². The molecule has 1 aromatic carbocycles. The second-order valence-electron chi connectivity index (χ2n) is 4.83. The van der Waals surface area contributed by atoms with Crippen molar-refractivity contribution >= 4 is 11.7 Å². The van der Waals surface area contributed by atoms with Gasteiger partial charge >= 0.3 is 5.97 Å². The molecule has 1 aromatic rings. The predicted octanol–water partition coefficient (Wildman–Crippen LogP) is 2.39. The van der Waals surface area contributed by atoms with E-state index >= 15 is 0 Å². The van der Waals surface area contributed by atoms with Crippen LogP contribution in [0.3, 0.4) is 0 Å².